The second kappa shape index (κ2) is 6.93. The number of amides is 3. The molecule has 0 radical (unpaired) electrons. The van der Waals surface area contributed by atoms with Crippen molar-refractivity contribution in [1.29, 1.82) is 0 Å². The van der Waals surface area contributed by atoms with Gasteiger partial charge in [0.1, 0.15) is 0 Å². The van der Waals surface area contributed by atoms with Crippen molar-refractivity contribution < 1.29 is 19.5 Å². The lowest BCUT2D eigenvalue weighted by Crippen LogP contribution is -2.38. The third-order valence-corrected chi connectivity index (χ3v) is 3.50. The van der Waals surface area contributed by atoms with E-state index in [9.17, 15) is 14.4 Å². The van der Waals surface area contributed by atoms with Gasteiger partial charge in [0.25, 0.3) is 0 Å². The molecule has 1 aromatic rings. The molecule has 22 heavy (non-hydrogen) atoms. The van der Waals surface area contributed by atoms with E-state index in [1.54, 1.807) is 0 Å². The van der Waals surface area contributed by atoms with Gasteiger partial charge in [0, 0.05) is 18.7 Å². The van der Waals surface area contributed by atoms with Crippen LogP contribution in [0.5, 0.6) is 0 Å². The summed E-state index contributed by atoms with van der Waals surface area (Å²) < 4.78 is 0. The lowest BCUT2D eigenvalue weighted by molar-refractivity contribution is -0.136. The Kier molecular flexibility index (Phi) is 4.98. The number of aliphatic carboxylic acids is 1. The van der Waals surface area contributed by atoms with Crippen LogP contribution in [0.2, 0.25) is 0 Å². The maximum atomic E-state index is 11.7. The summed E-state index contributed by atoms with van der Waals surface area (Å²) in [6.45, 7) is 1.93. The number of urea groups is 1. The van der Waals surface area contributed by atoms with Crippen LogP contribution in [-0.4, -0.2) is 29.6 Å². The van der Waals surface area contributed by atoms with Gasteiger partial charge in [-0.3, -0.25) is 9.59 Å². The summed E-state index contributed by atoms with van der Waals surface area (Å²) in [5, 5.41) is 16.6. The predicted molar refractivity (Wildman–Crippen MR) is 80.6 cm³/mol. The number of hydrogen-bond donors (Lipinski definition) is 4. The topological polar surface area (TPSA) is 108 Å². The van der Waals surface area contributed by atoms with E-state index in [1.165, 1.54) is 0 Å². The summed E-state index contributed by atoms with van der Waals surface area (Å²) >= 11 is 0. The lowest BCUT2D eigenvalue weighted by atomic mass is 9.98. The largest absolute Gasteiger partial charge is 0.481 e. The molecule has 1 atom stereocenters. The number of carbonyl (C=O) groups is 3. The van der Waals surface area contributed by atoms with E-state index in [-0.39, 0.29) is 24.9 Å². The Morgan fingerprint density at radius 3 is 2.86 bits per heavy atom. The molecular formula is C15H19N3O4. The van der Waals surface area contributed by atoms with E-state index in [2.05, 4.69) is 16.0 Å². The van der Waals surface area contributed by atoms with Gasteiger partial charge in [0.15, 0.2) is 0 Å². The molecule has 7 heteroatoms. The van der Waals surface area contributed by atoms with Crippen molar-refractivity contribution in [3.63, 3.8) is 0 Å². The van der Waals surface area contributed by atoms with Crippen molar-refractivity contribution in [3.05, 3.63) is 29.3 Å². The second-order valence-electron chi connectivity index (χ2n) is 5.23. The molecule has 0 fully saturated rings. The Bertz CT molecular complexity index is 600. The van der Waals surface area contributed by atoms with Crippen LogP contribution in [0.15, 0.2) is 18.2 Å². The number of rotatable bonds is 5. The van der Waals surface area contributed by atoms with Crippen LogP contribution >= 0.6 is 0 Å². The highest BCUT2D eigenvalue weighted by Gasteiger charge is 2.17. The number of aryl methyl sites for hydroxylation is 1. The molecule has 1 aromatic carbocycles. The van der Waals surface area contributed by atoms with Gasteiger partial charge in [-0.05, 0) is 30.5 Å². The minimum Gasteiger partial charge on any atom is -0.481 e. The monoisotopic (exact) mass is 305 g/mol. The Hall–Kier alpha value is -2.57. The Balaban J connectivity index is 1.92. The molecule has 0 spiro atoms. The SMILES string of the molecule is CC(NC(=O)NCCC(=O)O)c1ccc2c(c1)CCC(=O)N2. The first kappa shape index (κ1) is 15.8. The van der Waals surface area contributed by atoms with Crippen LogP contribution < -0.4 is 16.0 Å². The standard InChI is InChI=1S/C15H19N3O4/c1-9(17-15(22)16-7-6-14(20)21)10-2-4-12-11(8-10)3-5-13(19)18-12/h2,4,8-9H,3,5-7H2,1H3,(H,18,19)(H,20,21)(H2,16,17,22). The molecule has 1 unspecified atom stereocenters. The highest BCUT2D eigenvalue weighted by Crippen LogP contribution is 2.25. The zero-order chi connectivity index (χ0) is 16.1. The fraction of sp³-hybridized carbons (Fsp3) is 0.400. The number of carboxylic acid groups (broad SMARTS) is 1. The molecule has 1 aliphatic rings. The normalized spacial score (nSPS) is 14.5. The van der Waals surface area contributed by atoms with Crippen molar-refractivity contribution in [2.75, 3.05) is 11.9 Å². The molecule has 0 aromatic heterocycles. The number of carbonyl (C=O) groups excluding carboxylic acids is 2. The number of nitrogens with one attached hydrogen (secondary N) is 3. The van der Waals surface area contributed by atoms with E-state index in [0.717, 1.165) is 16.8 Å². The van der Waals surface area contributed by atoms with E-state index in [1.807, 2.05) is 25.1 Å². The van der Waals surface area contributed by atoms with Gasteiger partial charge in [-0.25, -0.2) is 4.79 Å². The quantitative estimate of drug-likeness (QED) is 0.659. The van der Waals surface area contributed by atoms with Crippen LogP contribution in [-0.2, 0) is 16.0 Å². The predicted octanol–water partition coefficient (Wildman–Crippen LogP) is 1.41. The Labute approximate surface area is 128 Å². The van der Waals surface area contributed by atoms with Crippen molar-refractivity contribution in [3.8, 4) is 0 Å². The first-order chi connectivity index (χ1) is 10.5. The smallest absolute Gasteiger partial charge is 0.315 e. The Morgan fingerprint density at radius 1 is 1.36 bits per heavy atom. The molecule has 1 heterocycles. The number of fused-ring (bicyclic) bond motifs is 1. The molecule has 118 valence electrons. The van der Waals surface area contributed by atoms with E-state index >= 15 is 0 Å². The molecule has 0 bridgehead atoms. The molecule has 0 aliphatic carbocycles. The first-order valence-electron chi connectivity index (χ1n) is 7.14. The Morgan fingerprint density at radius 2 is 2.14 bits per heavy atom. The zero-order valence-corrected chi connectivity index (χ0v) is 12.3. The van der Waals surface area contributed by atoms with E-state index in [0.29, 0.717) is 12.8 Å². The molecule has 0 saturated heterocycles. The number of carboxylic acids is 1. The van der Waals surface area contributed by atoms with Gasteiger partial charge in [-0.15, -0.1) is 0 Å². The fourth-order valence-corrected chi connectivity index (χ4v) is 2.29. The summed E-state index contributed by atoms with van der Waals surface area (Å²) in [5.74, 6) is -0.936. The molecule has 0 saturated carbocycles. The summed E-state index contributed by atoms with van der Waals surface area (Å²) in [4.78, 5) is 33.4. The van der Waals surface area contributed by atoms with Gasteiger partial charge >= 0.3 is 12.0 Å². The van der Waals surface area contributed by atoms with E-state index in [4.69, 9.17) is 5.11 Å². The van der Waals surface area contributed by atoms with Crippen LogP contribution in [0.25, 0.3) is 0 Å². The maximum Gasteiger partial charge on any atom is 0.315 e. The number of hydrogen-bond acceptors (Lipinski definition) is 3. The van der Waals surface area contributed by atoms with Crippen molar-refractivity contribution in [2.24, 2.45) is 0 Å². The molecule has 7 nitrogen and oxygen atoms in total. The first-order valence-corrected chi connectivity index (χ1v) is 7.14. The van der Waals surface area contributed by atoms with Gasteiger partial charge in [-0.1, -0.05) is 12.1 Å². The minimum absolute atomic E-state index is 0.0178. The third kappa shape index (κ3) is 4.21. The fourth-order valence-electron chi connectivity index (χ4n) is 2.29. The van der Waals surface area contributed by atoms with Crippen molar-refractivity contribution in [2.45, 2.75) is 32.2 Å². The van der Waals surface area contributed by atoms with Crippen LogP contribution in [0.1, 0.15) is 36.9 Å². The van der Waals surface area contributed by atoms with Crippen molar-refractivity contribution >= 4 is 23.6 Å². The van der Waals surface area contributed by atoms with Crippen molar-refractivity contribution in [1.82, 2.24) is 10.6 Å². The van der Waals surface area contributed by atoms with Gasteiger partial charge < -0.3 is 21.1 Å². The number of anilines is 1. The molecule has 4 N–H and O–H groups in total. The highest BCUT2D eigenvalue weighted by atomic mass is 16.4. The molecule has 3 amide bonds. The van der Waals surface area contributed by atoms with Gasteiger partial charge in [-0.2, -0.15) is 0 Å². The summed E-state index contributed by atoms with van der Waals surface area (Å²) in [5.41, 5.74) is 2.80. The molecule has 1 aliphatic heterocycles. The zero-order valence-electron chi connectivity index (χ0n) is 12.3. The van der Waals surface area contributed by atoms with Gasteiger partial charge in [0.05, 0.1) is 12.5 Å². The number of benzene rings is 1. The molecular weight excluding hydrogens is 286 g/mol. The maximum absolute atomic E-state index is 11.7. The minimum atomic E-state index is -0.954. The highest BCUT2D eigenvalue weighted by molar-refractivity contribution is 5.93. The van der Waals surface area contributed by atoms with Crippen LogP contribution in [0.3, 0.4) is 0 Å². The van der Waals surface area contributed by atoms with E-state index < -0.39 is 12.0 Å². The molecule has 2 rings (SSSR count). The summed E-state index contributed by atoms with van der Waals surface area (Å²) in [6.07, 6.45) is 1.04. The summed E-state index contributed by atoms with van der Waals surface area (Å²) in [7, 11) is 0. The summed E-state index contributed by atoms with van der Waals surface area (Å²) in [6, 6.07) is 5.04. The second-order valence-corrected chi connectivity index (χ2v) is 5.23. The average molecular weight is 305 g/mol. The van der Waals surface area contributed by atoms with Gasteiger partial charge in [0.2, 0.25) is 5.91 Å². The average Bonchev–Trinajstić information content (AvgIpc) is 2.46. The third-order valence-electron chi connectivity index (χ3n) is 3.50. The van der Waals surface area contributed by atoms with Crippen LogP contribution in [0, 0.1) is 0 Å². The lowest BCUT2D eigenvalue weighted by Gasteiger charge is -2.20. The van der Waals surface area contributed by atoms with Crippen LogP contribution in [0.4, 0.5) is 10.5 Å².